The number of nitriles is 1. The van der Waals surface area contributed by atoms with Gasteiger partial charge in [0.1, 0.15) is 0 Å². The molecule has 0 heterocycles. The van der Waals surface area contributed by atoms with Crippen molar-refractivity contribution in [1.82, 2.24) is 0 Å². The summed E-state index contributed by atoms with van der Waals surface area (Å²) >= 11 is 0. The molecule has 0 N–H and O–H groups in total. The van der Waals surface area contributed by atoms with Crippen LogP contribution in [0, 0.1) is 11.3 Å². The Morgan fingerprint density at radius 2 is 0.971 bits per heavy atom. The second-order valence-corrected chi connectivity index (χ2v) is 9.66. The Hall–Kier alpha value is -4.41. The van der Waals surface area contributed by atoms with Gasteiger partial charge in [-0.3, -0.25) is 0 Å². The molecule has 0 spiro atoms. The Kier molecular flexibility index (Phi) is 3.26. The Morgan fingerprint density at radius 1 is 0.529 bits per heavy atom. The second kappa shape index (κ2) is 6.13. The Bertz CT molecular complexity index is 2010. The molecule has 156 valence electrons. The fourth-order valence-electron chi connectivity index (χ4n) is 6.40. The number of nitrogens with zero attached hydrogens (tertiary/aromatic N) is 1. The monoisotopic (exact) mass is 429 g/mol. The SMILES string of the molecule is CC(c1ccc(C#N)cc1)c1cc2ccc3ccc4ccc5ccc6ccc1c1c6c5c4c3c21. The molecule has 0 saturated carbocycles. The van der Waals surface area contributed by atoms with Gasteiger partial charge in [-0.25, -0.2) is 0 Å². The Morgan fingerprint density at radius 3 is 1.50 bits per heavy atom. The smallest absolute Gasteiger partial charge is 0.0991 e. The third-order valence-corrected chi connectivity index (χ3v) is 8.04. The predicted molar refractivity (Wildman–Crippen MR) is 144 cm³/mol. The quantitative estimate of drug-likeness (QED) is 0.199. The van der Waals surface area contributed by atoms with Gasteiger partial charge in [0.05, 0.1) is 11.6 Å². The van der Waals surface area contributed by atoms with E-state index >= 15 is 0 Å². The van der Waals surface area contributed by atoms with E-state index in [-0.39, 0.29) is 5.92 Å². The van der Waals surface area contributed by atoms with Crippen LogP contribution in [0.1, 0.15) is 29.5 Å². The summed E-state index contributed by atoms with van der Waals surface area (Å²) in [4.78, 5) is 0. The highest BCUT2D eigenvalue weighted by molar-refractivity contribution is 6.44. The van der Waals surface area contributed by atoms with E-state index in [1.807, 2.05) is 12.1 Å². The molecular formula is C33H19N. The van der Waals surface area contributed by atoms with Crippen molar-refractivity contribution in [3.8, 4) is 6.07 Å². The Balaban J connectivity index is 1.60. The first kappa shape index (κ1) is 18.1. The van der Waals surface area contributed by atoms with E-state index < -0.39 is 0 Å². The molecule has 1 unspecified atom stereocenters. The van der Waals surface area contributed by atoms with Crippen molar-refractivity contribution in [2.45, 2.75) is 12.8 Å². The first-order chi connectivity index (χ1) is 16.7. The molecule has 0 aliphatic carbocycles. The molecule has 0 bridgehead atoms. The number of rotatable bonds is 2. The zero-order valence-electron chi connectivity index (χ0n) is 18.7. The number of hydrogen-bond donors (Lipinski definition) is 0. The molecule has 0 aromatic heterocycles. The van der Waals surface area contributed by atoms with Gasteiger partial charge in [0, 0.05) is 5.92 Å². The molecule has 0 fully saturated rings. The summed E-state index contributed by atoms with van der Waals surface area (Å²) in [5.74, 6) is 0.220. The lowest BCUT2D eigenvalue weighted by molar-refractivity contribution is 0.935. The van der Waals surface area contributed by atoms with Gasteiger partial charge in [0.25, 0.3) is 0 Å². The number of benzene rings is 8. The second-order valence-electron chi connectivity index (χ2n) is 9.66. The van der Waals surface area contributed by atoms with Gasteiger partial charge in [-0.2, -0.15) is 5.26 Å². The van der Waals surface area contributed by atoms with Crippen LogP contribution in [0.15, 0.2) is 91.0 Å². The highest BCUT2D eigenvalue weighted by atomic mass is 14.3. The minimum atomic E-state index is 0.220. The first-order valence-electron chi connectivity index (χ1n) is 11.8. The van der Waals surface area contributed by atoms with Gasteiger partial charge < -0.3 is 0 Å². The predicted octanol–water partition coefficient (Wildman–Crippen LogP) is 8.94. The summed E-state index contributed by atoms with van der Waals surface area (Å²) in [6.07, 6.45) is 0. The van der Waals surface area contributed by atoms with Crippen LogP contribution in [0.25, 0.3) is 64.6 Å². The minimum absolute atomic E-state index is 0.220. The normalized spacial score (nSPS) is 13.3. The average molecular weight is 430 g/mol. The lowest BCUT2D eigenvalue weighted by Gasteiger charge is -2.23. The summed E-state index contributed by atoms with van der Waals surface area (Å²) < 4.78 is 0. The zero-order chi connectivity index (χ0) is 22.6. The van der Waals surface area contributed by atoms with Gasteiger partial charge in [0.15, 0.2) is 0 Å². The largest absolute Gasteiger partial charge is 0.192 e. The van der Waals surface area contributed by atoms with Crippen LogP contribution in [0.5, 0.6) is 0 Å². The molecular weight excluding hydrogens is 410 g/mol. The van der Waals surface area contributed by atoms with Crippen molar-refractivity contribution in [3.05, 3.63) is 108 Å². The van der Waals surface area contributed by atoms with Crippen molar-refractivity contribution in [2.75, 3.05) is 0 Å². The Labute approximate surface area is 196 Å². The van der Waals surface area contributed by atoms with Crippen LogP contribution in [0.3, 0.4) is 0 Å². The van der Waals surface area contributed by atoms with E-state index in [1.54, 1.807) is 0 Å². The van der Waals surface area contributed by atoms with E-state index in [9.17, 15) is 5.26 Å². The average Bonchev–Trinajstić information content (AvgIpc) is 2.90. The maximum Gasteiger partial charge on any atom is 0.0991 e. The topological polar surface area (TPSA) is 23.8 Å². The summed E-state index contributed by atoms with van der Waals surface area (Å²) in [7, 11) is 0. The highest BCUT2D eigenvalue weighted by Crippen LogP contribution is 2.49. The summed E-state index contributed by atoms with van der Waals surface area (Å²) in [5, 5.41) is 25.5. The molecule has 1 nitrogen and oxygen atoms in total. The van der Waals surface area contributed by atoms with Crippen LogP contribution in [-0.4, -0.2) is 0 Å². The van der Waals surface area contributed by atoms with Crippen LogP contribution in [0.2, 0.25) is 0 Å². The van der Waals surface area contributed by atoms with Crippen LogP contribution in [0.4, 0.5) is 0 Å². The lowest BCUT2D eigenvalue weighted by Crippen LogP contribution is -2.00. The maximum absolute atomic E-state index is 9.23. The third kappa shape index (κ3) is 2.09. The minimum Gasteiger partial charge on any atom is -0.192 e. The summed E-state index contributed by atoms with van der Waals surface area (Å²) in [6.45, 7) is 2.28. The van der Waals surface area contributed by atoms with Gasteiger partial charge in [-0.05, 0) is 94.0 Å². The molecule has 8 aromatic rings. The standard InChI is InChI=1S/C33H19N/c1-18(20-4-2-19(17-34)3-5-20)27-16-25-13-12-23-9-7-21-6-8-22-10-11-24-14-15-26(27)33-31(24)29(22)28(21)30(23)32(25)33/h2-16,18H,1H3. The summed E-state index contributed by atoms with van der Waals surface area (Å²) in [6, 6.07) is 35.5. The van der Waals surface area contributed by atoms with E-state index in [0.29, 0.717) is 5.56 Å². The summed E-state index contributed by atoms with van der Waals surface area (Å²) in [5.41, 5.74) is 3.28. The zero-order valence-corrected chi connectivity index (χ0v) is 18.7. The fourth-order valence-corrected chi connectivity index (χ4v) is 6.40. The molecule has 34 heavy (non-hydrogen) atoms. The molecule has 0 saturated heterocycles. The molecule has 8 rings (SSSR count). The van der Waals surface area contributed by atoms with Crippen molar-refractivity contribution < 1.29 is 0 Å². The van der Waals surface area contributed by atoms with Gasteiger partial charge >= 0.3 is 0 Å². The molecule has 0 aliphatic heterocycles. The molecule has 0 amide bonds. The highest BCUT2D eigenvalue weighted by Gasteiger charge is 2.23. The maximum atomic E-state index is 9.23. The van der Waals surface area contributed by atoms with E-state index in [1.165, 1.54) is 75.8 Å². The van der Waals surface area contributed by atoms with Gasteiger partial charge in [0.2, 0.25) is 0 Å². The van der Waals surface area contributed by atoms with Crippen molar-refractivity contribution in [3.63, 3.8) is 0 Å². The van der Waals surface area contributed by atoms with E-state index in [2.05, 4.69) is 91.9 Å². The molecule has 1 atom stereocenters. The van der Waals surface area contributed by atoms with Gasteiger partial charge in [-0.1, -0.05) is 79.7 Å². The van der Waals surface area contributed by atoms with Crippen LogP contribution >= 0.6 is 0 Å². The van der Waals surface area contributed by atoms with E-state index in [0.717, 1.165) is 0 Å². The van der Waals surface area contributed by atoms with Crippen molar-refractivity contribution in [2.24, 2.45) is 0 Å². The van der Waals surface area contributed by atoms with Crippen LogP contribution < -0.4 is 0 Å². The van der Waals surface area contributed by atoms with Crippen LogP contribution in [-0.2, 0) is 0 Å². The van der Waals surface area contributed by atoms with Crippen molar-refractivity contribution >= 4 is 64.6 Å². The van der Waals surface area contributed by atoms with Crippen molar-refractivity contribution in [1.29, 1.82) is 5.26 Å². The molecule has 0 aliphatic rings. The molecule has 8 aromatic carbocycles. The third-order valence-electron chi connectivity index (χ3n) is 8.04. The molecule has 0 radical (unpaired) electrons. The first-order valence-corrected chi connectivity index (χ1v) is 11.8. The van der Waals surface area contributed by atoms with Gasteiger partial charge in [-0.15, -0.1) is 0 Å². The molecule has 1 heteroatoms. The number of hydrogen-bond acceptors (Lipinski definition) is 1. The van der Waals surface area contributed by atoms with E-state index in [4.69, 9.17) is 0 Å². The fraction of sp³-hybridized carbons (Fsp3) is 0.0606. The lowest BCUT2D eigenvalue weighted by atomic mass is 9.79.